The van der Waals surface area contributed by atoms with Crippen molar-refractivity contribution in [2.24, 2.45) is 0 Å². The van der Waals surface area contributed by atoms with Crippen LogP contribution in [0.5, 0.6) is 6.01 Å². The molecule has 1 aliphatic rings. The number of nitrogens with zero attached hydrogens (tertiary/aromatic N) is 3. The van der Waals surface area contributed by atoms with Gasteiger partial charge in [-0.15, -0.1) is 5.10 Å². The minimum absolute atomic E-state index is 0.169. The van der Waals surface area contributed by atoms with Gasteiger partial charge in [-0.05, 0) is 0 Å². The summed E-state index contributed by atoms with van der Waals surface area (Å²) >= 11 is 0. The van der Waals surface area contributed by atoms with E-state index in [1.54, 1.807) is 4.52 Å². The molecule has 2 aromatic rings. The normalized spacial score (nSPS) is 15.1. The van der Waals surface area contributed by atoms with Gasteiger partial charge < -0.3 is 9.47 Å². The van der Waals surface area contributed by atoms with Crippen LogP contribution in [0.2, 0.25) is 0 Å². The monoisotopic (exact) mass is 222 g/mol. The average Bonchev–Trinajstić information content (AvgIpc) is 2.72. The molecule has 1 aliphatic heterocycles. The Kier molecular flexibility index (Phi) is 1.93. The predicted molar refractivity (Wildman–Crippen MR) is 53.5 cm³/mol. The van der Waals surface area contributed by atoms with Crippen molar-refractivity contribution in [1.82, 2.24) is 19.6 Å². The van der Waals surface area contributed by atoms with Gasteiger partial charge in [0.25, 0.3) is 5.56 Å². The number of nitrogens with one attached hydrogen (secondary N) is 1. The second-order valence-corrected chi connectivity index (χ2v) is 3.52. The maximum absolute atomic E-state index is 11.7. The Morgan fingerprint density at radius 2 is 2.44 bits per heavy atom. The van der Waals surface area contributed by atoms with Gasteiger partial charge in [0, 0.05) is 6.42 Å². The van der Waals surface area contributed by atoms with Gasteiger partial charge in [-0.3, -0.25) is 9.78 Å². The van der Waals surface area contributed by atoms with E-state index in [-0.39, 0.29) is 11.6 Å². The van der Waals surface area contributed by atoms with E-state index in [0.717, 1.165) is 5.69 Å². The molecule has 3 rings (SSSR count). The maximum Gasteiger partial charge on any atom is 0.337 e. The predicted octanol–water partition coefficient (Wildman–Crippen LogP) is -0.501. The van der Waals surface area contributed by atoms with Gasteiger partial charge in [0.05, 0.1) is 31.6 Å². The van der Waals surface area contributed by atoms with Crippen molar-refractivity contribution >= 4 is 5.78 Å². The highest BCUT2D eigenvalue weighted by Gasteiger charge is 2.19. The molecule has 2 aromatic heterocycles. The number of aromatic amines is 1. The zero-order chi connectivity index (χ0) is 11.1. The molecule has 0 saturated carbocycles. The lowest BCUT2D eigenvalue weighted by molar-refractivity contribution is 0.107. The van der Waals surface area contributed by atoms with Crippen LogP contribution >= 0.6 is 0 Å². The van der Waals surface area contributed by atoms with E-state index in [2.05, 4.69) is 15.1 Å². The van der Waals surface area contributed by atoms with Gasteiger partial charge in [-0.2, -0.15) is 9.50 Å². The molecule has 0 radical (unpaired) electrons. The van der Waals surface area contributed by atoms with Gasteiger partial charge in [0.2, 0.25) is 5.78 Å². The van der Waals surface area contributed by atoms with Crippen LogP contribution in [0, 0.1) is 0 Å². The molecule has 7 heteroatoms. The van der Waals surface area contributed by atoms with E-state index < -0.39 is 0 Å². The lowest BCUT2D eigenvalue weighted by Gasteiger charge is -2.15. The number of hydrogen-bond donors (Lipinski definition) is 1. The quantitative estimate of drug-likeness (QED) is 0.703. The number of ether oxygens (including phenoxy) is 2. The van der Waals surface area contributed by atoms with Crippen LogP contribution in [0.4, 0.5) is 0 Å². The standard InChI is InChI=1S/C9H10N4O3/c1-15-9-11-8-10-7(14)5-4-16-3-2-6(5)13(8)12-9/h2-4H2,1H3,(H,10,11,12,14). The summed E-state index contributed by atoms with van der Waals surface area (Å²) in [5, 5.41) is 4.14. The molecule has 0 atom stereocenters. The Morgan fingerprint density at radius 1 is 1.56 bits per heavy atom. The van der Waals surface area contributed by atoms with Crippen molar-refractivity contribution in [1.29, 1.82) is 0 Å². The Labute approximate surface area is 90.0 Å². The Hall–Kier alpha value is -1.89. The van der Waals surface area contributed by atoms with Crippen molar-refractivity contribution in [3.63, 3.8) is 0 Å². The zero-order valence-electron chi connectivity index (χ0n) is 8.69. The molecular formula is C9H10N4O3. The molecule has 7 nitrogen and oxygen atoms in total. The van der Waals surface area contributed by atoms with Crippen molar-refractivity contribution in [2.75, 3.05) is 13.7 Å². The van der Waals surface area contributed by atoms with Crippen molar-refractivity contribution in [2.45, 2.75) is 13.0 Å². The fraction of sp³-hybridized carbons (Fsp3) is 0.444. The fourth-order valence-electron chi connectivity index (χ4n) is 1.83. The number of H-pyrrole nitrogens is 1. The second-order valence-electron chi connectivity index (χ2n) is 3.52. The molecule has 3 heterocycles. The molecule has 0 saturated heterocycles. The first kappa shape index (κ1) is 9.34. The minimum Gasteiger partial charge on any atom is -0.466 e. The van der Waals surface area contributed by atoms with Crippen LogP contribution in [-0.4, -0.2) is 33.3 Å². The third-order valence-electron chi connectivity index (χ3n) is 2.60. The summed E-state index contributed by atoms with van der Waals surface area (Å²) in [4.78, 5) is 18.4. The largest absolute Gasteiger partial charge is 0.466 e. The highest BCUT2D eigenvalue weighted by atomic mass is 16.5. The molecule has 0 bridgehead atoms. The van der Waals surface area contributed by atoms with E-state index >= 15 is 0 Å². The highest BCUT2D eigenvalue weighted by Crippen LogP contribution is 2.14. The third-order valence-corrected chi connectivity index (χ3v) is 2.60. The summed E-state index contributed by atoms with van der Waals surface area (Å²) in [6, 6.07) is 0.246. The first-order valence-electron chi connectivity index (χ1n) is 4.92. The Morgan fingerprint density at radius 3 is 3.25 bits per heavy atom. The summed E-state index contributed by atoms with van der Waals surface area (Å²) in [5.41, 5.74) is 1.30. The summed E-state index contributed by atoms with van der Waals surface area (Å²) in [7, 11) is 1.49. The number of fused-ring (bicyclic) bond motifs is 3. The number of hydrogen-bond acceptors (Lipinski definition) is 5. The van der Waals surface area contributed by atoms with Gasteiger partial charge in [0.1, 0.15) is 0 Å². The van der Waals surface area contributed by atoms with Crippen molar-refractivity contribution in [3.05, 3.63) is 21.6 Å². The molecule has 0 aromatic carbocycles. The molecular weight excluding hydrogens is 212 g/mol. The van der Waals surface area contributed by atoms with Gasteiger partial charge in [-0.25, -0.2) is 0 Å². The first-order valence-corrected chi connectivity index (χ1v) is 4.92. The average molecular weight is 222 g/mol. The fourth-order valence-corrected chi connectivity index (χ4v) is 1.83. The Bertz CT molecular complexity index is 601. The highest BCUT2D eigenvalue weighted by molar-refractivity contribution is 5.34. The molecule has 1 N–H and O–H groups in total. The van der Waals surface area contributed by atoms with E-state index in [4.69, 9.17) is 9.47 Å². The van der Waals surface area contributed by atoms with Gasteiger partial charge in [0.15, 0.2) is 0 Å². The van der Waals surface area contributed by atoms with E-state index in [1.807, 2.05) is 0 Å². The number of methoxy groups -OCH3 is 1. The molecule has 0 aliphatic carbocycles. The van der Waals surface area contributed by atoms with Crippen LogP contribution in [0.1, 0.15) is 11.3 Å². The summed E-state index contributed by atoms with van der Waals surface area (Å²) in [5.74, 6) is 0.405. The lowest BCUT2D eigenvalue weighted by Crippen LogP contribution is -2.25. The van der Waals surface area contributed by atoms with E-state index in [9.17, 15) is 4.79 Å². The number of rotatable bonds is 1. The summed E-state index contributed by atoms with van der Waals surface area (Å²) in [6.07, 6.45) is 0.655. The molecule has 84 valence electrons. The molecule has 0 unspecified atom stereocenters. The van der Waals surface area contributed by atoms with E-state index in [0.29, 0.717) is 31.0 Å². The topological polar surface area (TPSA) is 81.5 Å². The van der Waals surface area contributed by atoms with Gasteiger partial charge >= 0.3 is 6.01 Å². The van der Waals surface area contributed by atoms with Crippen LogP contribution < -0.4 is 10.3 Å². The molecule has 0 fully saturated rings. The zero-order valence-corrected chi connectivity index (χ0v) is 8.69. The number of aromatic nitrogens is 4. The summed E-state index contributed by atoms with van der Waals surface area (Å²) < 4.78 is 11.8. The molecule has 16 heavy (non-hydrogen) atoms. The van der Waals surface area contributed by atoms with Crippen LogP contribution in [-0.2, 0) is 17.8 Å². The summed E-state index contributed by atoms with van der Waals surface area (Å²) in [6.45, 7) is 0.913. The van der Waals surface area contributed by atoms with Crippen molar-refractivity contribution < 1.29 is 9.47 Å². The Balaban J connectivity index is 2.35. The maximum atomic E-state index is 11.7. The third kappa shape index (κ3) is 1.21. The van der Waals surface area contributed by atoms with Crippen LogP contribution in [0.15, 0.2) is 4.79 Å². The van der Waals surface area contributed by atoms with Crippen LogP contribution in [0.25, 0.3) is 5.78 Å². The smallest absolute Gasteiger partial charge is 0.337 e. The molecule has 0 spiro atoms. The van der Waals surface area contributed by atoms with Gasteiger partial charge in [-0.1, -0.05) is 0 Å². The minimum atomic E-state index is -0.169. The lowest BCUT2D eigenvalue weighted by atomic mass is 10.1. The second kappa shape index (κ2) is 3.31. The SMILES string of the molecule is COc1nc2[nH]c(=O)c3c(n2n1)CCOC3. The van der Waals surface area contributed by atoms with Crippen molar-refractivity contribution in [3.8, 4) is 6.01 Å². The van der Waals surface area contributed by atoms with Crippen LogP contribution in [0.3, 0.4) is 0 Å². The first-order chi connectivity index (χ1) is 7.79. The molecule has 0 amide bonds. The van der Waals surface area contributed by atoms with E-state index in [1.165, 1.54) is 7.11 Å².